The van der Waals surface area contributed by atoms with E-state index in [4.69, 9.17) is 5.73 Å². The van der Waals surface area contributed by atoms with Gasteiger partial charge >= 0.3 is 0 Å². The van der Waals surface area contributed by atoms with Crippen LogP contribution in [0.4, 0.5) is 11.4 Å². The van der Waals surface area contributed by atoms with E-state index in [1.165, 1.54) is 10.4 Å². The molecule has 1 heterocycles. The summed E-state index contributed by atoms with van der Waals surface area (Å²) in [4.78, 5) is 1.40. The highest BCUT2D eigenvalue weighted by Crippen LogP contribution is 2.26. The molecule has 0 aliphatic carbocycles. The fourth-order valence-electron chi connectivity index (χ4n) is 1.69. The summed E-state index contributed by atoms with van der Waals surface area (Å²) >= 11 is 5.31. The zero-order chi connectivity index (χ0) is 12.3. The first-order valence-electron chi connectivity index (χ1n) is 5.55. The number of thiophene rings is 1. The van der Waals surface area contributed by atoms with Crippen LogP contribution in [0.1, 0.15) is 17.4 Å². The Hall–Kier alpha value is -1.00. The maximum atomic E-state index is 5.71. The molecule has 0 fully saturated rings. The van der Waals surface area contributed by atoms with Gasteiger partial charge in [0.2, 0.25) is 0 Å². The van der Waals surface area contributed by atoms with Crippen LogP contribution in [-0.2, 0) is 13.0 Å². The van der Waals surface area contributed by atoms with Crippen molar-refractivity contribution in [2.24, 2.45) is 0 Å². The molecular formula is C13H15BrN2S. The van der Waals surface area contributed by atoms with Gasteiger partial charge in [-0.05, 0) is 57.6 Å². The summed E-state index contributed by atoms with van der Waals surface area (Å²) in [6.45, 7) is 3.05. The highest BCUT2D eigenvalue weighted by atomic mass is 79.9. The van der Waals surface area contributed by atoms with Crippen LogP contribution in [-0.4, -0.2) is 0 Å². The van der Waals surface area contributed by atoms with Crippen molar-refractivity contribution in [3.05, 3.63) is 44.6 Å². The topological polar surface area (TPSA) is 38.0 Å². The van der Waals surface area contributed by atoms with Crippen LogP contribution in [0.25, 0.3) is 0 Å². The molecule has 0 saturated heterocycles. The van der Waals surface area contributed by atoms with E-state index in [0.717, 1.165) is 28.8 Å². The SMILES string of the molecule is CCc1ccsc1CNc1ccc(N)cc1Br. The number of benzene rings is 1. The van der Waals surface area contributed by atoms with Gasteiger partial charge in [0.05, 0.1) is 0 Å². The first-order chi connectivity index (χ1) is 8.20. The predicted molar refractivity (Wildman–Crippen MR) is 79.6 cm³/mol. The van der Waals surface area contributed by atoms with Gasteiger partial charge in [-0.1, -0.05) is 6.92 Å². The second-order valence-corrected chi connectivity index (χ2v) is 5.67. The van der Waals surface area contributed by atoms with Gasteiger partial charge in [-0.15, -0.1) is 11.3 Å². The minimum Gasteiger partial charge on any atom is -0.399 e. The first-order valence-corrected chi connectivity index (χ1v) is 7.22. The summed E-state index contributed by atoms with van der Waals surface area (Å²) in [5.74, 6) is 0. The number of anilines is 2. The fourth-order valence-corrected chi connectivity index (χ4v) is 3.14. The molecule has 90 valence electrons. The van der Waals surface area contributed by atoms with Gasteiger partial charge in [-0.3, -0.25) is 0 Å². The molecule has 3 N–H and O–H groups in total. The highest BCUT2D eigenvalue weighted by molar-refractivity contribution is 9.10. The van der Waals surface area contributed by atoms with Gasteiger partial charge < -0.3 is 11.1 Å². The lowest BCUT2D eigenvalue weighted by Gasteiger charge is -2.09. The monoisotopic (exact) mass is 310 g/mol. The van der Waals surface area contributed by atoms with E-state index in [2.05, 4.69) is 39.6 Å². The molecule has 1 aromatic heterocycles. The number of hydrogen-bond acceptors (Lipinski definition) is 3. The zero-order valence-corrected chi connectivity index (χ0v) is 12.1. The lowest BCUT2D eigenvalue weighted by atomic mass is 10.2. The molecule has 2 aromatic rings. The predicted octanol–water partition coefficient (Wildman–Crippen LogP) is 4.27. The summed E-state index contributed by atoms with van der Waals surface area (Å²) in [5.41, 5.74) is 8.98. The zero-order valence-electron chi connectivity index (χ0n) is 9.66. The van der Waals surface area contributed by atoms with E-state index in [0.29, 0.717) is 0 Å². The van der Waals surface area contributed by atoms with Crippen molar-refractivity contribution < 1.29 is 0 Å². The van der Waals surface area contributed by atoms with Crippen LogP contribution in [0.2, 0.25) is 0 Å². The average molecular weight is 311 g/mol. The Morgan fingerprint density at radius 1 is 1.35 bits per heavy atom. The largest absolute Gasteiger partial charge is 0.399 e. The number of nitrogen functional groups attached to an aromatic ring is 1. The molecule has 2 nitrogen and oxygen atoms in total. The van der Waals surface area contributed by atoms with E-state index in [-0.39, 0.29) is 0 Å². The van der Waals surface area contributed by atoms with Crippen molar-refractivity contribution in [3.8, 4) is 0 Å². The van der Waals surface area contributed by atoms with E-state index in [1.807, 2.05) is 18.2 Å². The third-order valence-electron chi connectivity index (χ3n) is 2.65. The summed E-state index contributed by atoms with van der Waals surface area (Å²) in [7, 11) is 0. The van der Waals surface area contributed by atoms with Crippen LogP contribution in [0.5, 0.6) is 0 Å². The standard InChI is InChI=1S/C13H15BrN2S/c1-2-9-5-6-17-13(9)8-16-12-4-3-10(15)7-11(12)14/h3-7,16H,2,8,15H2,1H3. The number of nitrogens with one attached hydrogen (secondary N) is 1. The van der Waals surface area contributed by atoms with Crippen LogP contribution >= 0.6 is 27.3 Å². The van der Waals surface area contributed by atoms with E-state index < -0.39 is 0 Å². The van der Waals surface area contributed by atoms with Gasteiger partial charge in [-0.25, -0.2) is 0 Å². The summed E-state index contributed by atoms with van der Waals surface area (Å²) in [5, 5.41) is 5.57. The molecule has 1 aromatic carbocycles. The molecule has 0 aliphatic heterocycles. The molecule has 17 heavy (non-hydrogen) atoms. The van der Waals surface area contributed by atoms with E-state index in [9.17, 15) is 0 Å². The summed E-state index contributed by atoms with van der Waals surface area (Å²) in [6, 6.07) is 8.01. The normalized spacial score (nSPS) is 10.5. The second kappa shape index (κ2) is 5.56. The number of halogens is 1. The molecule has 4 heteroatoms. The Bertz CT molecular complexity index is 508. The Morgan fingerprint density at radius 3 is 2.88 bits per heavy atom. The van der Waals surface area contributed by atoms with Crippen molar-refractivity contribution in [2.75, 3.05) is 11.1 Å². The van der Waals surface area contributed by atoms with Gasteiger partial charge in [0, 0.05) is 27.3 Å². The molecule has 0 unspecified atom stereocenters. The number of hydrogen-bond donors (Lipinski definition) is 2. The number of rotatable bonds is 4. The van der Waals surface area contributed by atoms with Crippen LogP contribution < -0.4 is 11.1 Å². The molecule has 0 amide bonds. The third-order valence-corrected chi connectivity index (χ3v) is 4.27. The second-order valence-electron chi connectivity index (χ2n) is 3.82. The molecule has 0 saturated carbocycles. The van der Waals surface area contributed by atoms with Crippen LogP contribution in [0.3, 0.4) is 0 Å². The Balaban J connectivity index is 2.07. The van der Waals surface area contributed by atoms with Crippen molar-refractivity contribution >= 4 is 38.6 Å². The molecule has 0 bridgehead atoms. The van der Waals surface area contributed by atoms with Gasteiger partial charge in [0.15, 0.2) is 0 Å². The molecular weight excluding hydrogens is 296 g/mol. The Kier molecular flexibility index (Phi) is 4.07. The van der Waals surface area contributed by atoms with Gasteiger partial charge in [0.1, 0.15) is 0 Å². The van der Waals surface area contributed by atoms with Gasteiger partial charge in [0.25, 0.3) is 0 Å². The first kappa shape index (κ1) is 12.5. The highest BCUT2D eigenvalue weighted by Gasteiger charge is 2.04. The smallest absolute Gasteiger partial charge is 0.0497 e. The number of nitrogens with two attached hydrogens (primary N) is 1. The van der Waals surface area contributed by atoms with E-state index >= 15 is 0 Å². The van der Waals surface area contributed by atoms with Crippen LogP contribution in [0.15, 0.2) is 34.1 Å². The fraction of sp³-hybridized carbons (Fsp3) is 0.231. The lowest BCUT2D eigenvalue weighted by Crippen LogP contribution is -2.00. The Labute approximate surface area is 114 Å². The number of aryl methyl sites for hydroxylation is 1. The lowest BCUT2D eigenvalue weighted by molar-refractivity contribution is 1.08. The minimum absolute atomic E-state index is 0.771. The van der Waals surface area contributed by atoms with Crippen molar-refractivity contribution in [3.63, 3.8) is 0 Å². The quantitative estimate of drug-likeness (QED) is 0.828. The van der Waals surface area contributed by atoms with Crippen LogP contribution in [0, 0.1) is 0 Å². The maximum Gasteiger partial charge on any atom is 0.0497 e. The summed E-state index contributed by atoms with van der Waals surface area (Å²) in [6.07, 6.45) is 1.09. The molecule has 0 spiro atoms. The summed E-state index contributed by atoms with van der Waals surface area (Å²) < 4.78 is 1.01. The van der Waals surface area contributed by atoms with Crippen molar-refractivity contribution in [2.45, 2.75) is 19.9 Å². The van der Waals surface area contributed by atoms with E-state index in [1.54, 1.807) is 11.3 Å². The minimum atomic E-state index is 0.771. The van der Waals surface area contributed by atoms with Crippen molar-refractivity contribution in [1.82, 2.24) is 0 Å². The van der Waals surface area contributed by atoms with Crippen molar-refractivity contribution in [1.29, 1.82) is 0 Å². The molecule has 0 aliphatic rings. The average Bonchev–Trinajstić information content (AvgIpc) is 2.75. The molecule has 0 atom stereocenters. The van der Waals surface area contributed by atoms with Gasteiger partial charge in [-0.2, -0.15) is 0 Å². The molecule has 0 radical (unpaired) electrons. The Morgan fingerprint density at radius 2 is 2.18 bits per heavy atom. The molecule has 2 rings (SSSR count). The third kappa shape index (κ3) is 3.01. The maximum absolute atomic E-state index is 5.71.